The number of pyridine rings is 1. The zero-order valence-electron chi connectivity index (χ0n) is 10.8. The fraction of sp³-hybridized carbons (Fsp3) is 0.188. The number of hydrogen-bond acceptors (Lipinski definition) is 1. The van der Waals surface area contributed by atoms with Gasteiger partial charge < -0.3 is 0 Å². The van der Waals surface area contributed by atoms with Crippen LogP contribution in [0.4, 0.5) is 0 Å². The molecule has 0 unspecified atom stereocenters. The lowest BCUT2D eigenvalue weighted by molar-refractivity contribution is 1.14. The molecule has 0 aliphatic carbocycles. The van der Waals surface area contributed by atoms with Gasteiger partial charge in [-0.1, -0.05) is 42.0 Å². The molecule has 2 aromatic rings. The first-order valence-electron chi connectivity index (χ1n) is 5.99. The van der Waals surface area contributed by atoms with Gasteiger partial charge in [0.15, 0.2) is 0 Å². The highest BCUT2D eigenvalue weighted by Gasteiger charge is 1.96. The van der Waals surface area contributed by atoms with Crippen LogP contribution in [0, 0.1) is 0 Å². The molecular formula is C16H17Cl2N. The van der Waals surface area contributed by atoms with Gasteiger partial charge in [-0.2, -0.15) is 0 Å². The minimum atomic E-state index is 0. The Labute approximate surface area is 125 Å². The highest BCUT2D eigenvalue weighted by Crippen LogP contribution is 2.12. The molecular weight excluding hydrogens is 277 g/mol. The van der Waals surface area contributed by atoms with Crippen molar-refractivity contribution < 1.29 is 0 Å². The molecule has 0 saturated heterocycles. The molecule has 0 atom stereocenters. The molecule has 1 aromatic carbocycles. The second-order valence-electron chi connectivity index (χ2n) is 4.40. The summed E-state index contributed by atoms with van der Waals surface area (Å²) in [7, 11) is 0. The van der Waals surface area contributed by atoms with E-state index < -0.39 is 0 Å². The van der Waals surface area contributed by atoms with Crippen LogP contribution in [0.3, 0.4) is 0 Å². The molecule has 0 bridgehead atoms. The Bertz CT molecular complexity index is 518. The van der Waals surface area contributed by atoms with Crippen LogP contribution in [0.2, 0.25) is 0 Å². The van der Waals surface area contributed by atoms with E-state index in [4.69, 9.17) is 11.6 Å². The van der Waals surface area contributed by atoms with Crippen molar-refractivity contribution in [2.45, 2.75) is 13.3 Å². The van der Waals surface area contributed by atoms with Crippen molar-refractivity contribution in [2.75, 3.05) is 5.88 Å². The molecule has 0 N–H and O–H groups in total. The summed E-state index contributed by atoms with van der Waals surface area (Å²) in [4.78, 5) is 4.12. The standard InChI is InChI=1S/C16H16ClN.ClH/c1-13(11-17)9-14-4-6-15(7-5-14)10-16-3-2-8-18-12-16;/h2-9,12H,10-11H2,1H3;1H. The lowest BCUT2D eigenvalue weighted by Gasteiger charge is -2.02. The summed E-state index contributed by atoms with van der Waals surface area (Å²) in [6, 6.07) is 12.6. The first kappa shape index (κ1) is 15.7. The largest absolute Gasteiger partial charge is 0.264 e. The molecule has 0 fully saturated rings. The SMILES string of the molecule is CC(=Cc1ccc(Cc2cccnc2)cc1)CCl.Cl. The molecule has 0 saturated carbocycles. The Kier molecular flexibility index (Phi) is 6.61. The molecule has 0 spiro atoms. The summed E-state index contributed by atoms with van der Waals surface area (Å²) < 4.78 is 0. The number of allylic oxidation sites excluding steroid dienone is 1. The average Bonchev–Trinajstić information content (AvgIpc) is 2.42. The van der Waals surface area contributed by atoms with Gasteiger partial charge in [0.2, 0.25) is 0 Å². The molecule has 19 heavy (non-hydrogen) atoms. The Morgan fingerprint density at radius 1 is 1.16 bits per heavy atom. The van der Waals surface area contributed by atoms with Gasteiger partial charge in [-0.15, -0.1) is 24.0 Å². The van der Waals surface area contributed by atoms with Crippen molar-refractivity contribution in [3.8, 4) is 0 Å². The van der Waals surface area contributed by atoms with Crippen LogP contribution in [0.25, 0.3) is 6.08 Å². The van der Waals surface area contributed by atoms with Crippen LogP contribution in [0.5, 0.6) is 0 Å². The number of aromatic nitrogens is 1. The molecule has 0 aliphatic rings. The van der Waals surface area contributed by atoms with Crippen LogP contribution in [-0.4, -0.2) is 10.9 Å². The van der Waals surface area contributed by atoms with Gasteiger partial charge in [0, 0.05) is 18.3 Å². The van der Waals surface area contributed by atoms with Crippen molar-refractivity contribution in [1.29, 1.82) is 0 Å². The van der Waals surface area contributed by atoms with Gasteiger partial charge in [0.25, 0.3) is 0 Å². The first-order chi connectivity index (χ1) is 8.78. The fourth-order valence-electron chi connectivity index (χ4n) is 1.79. The zero-order chi connectivity index (χ0) is 12.8. The van der Waals surface area contributed by atoms with Gasteiger partial charge in [0.1, 0.15) is 0 Å². The molecule has 0 radical (unpaired) electrons. The lowest BCUT2D eigenvalue weighted by atomic mass is 10.0. The Balaban J connectivity index is 0.00000180. The van der Waals surface area contributed by atoms with Crippen molar-refractivity contribution in [2.24, 2.45) is 0 Å². The quantitative estimate of drug-likeness (QED) is 0.742. The summed E-state index contributed by atoms with van der Waals surface area (Å²) in [5.41, 5.74) is 4.90. The van der Waals surface area contributed by atoms with E-state index in [1.165, 1.54) is 22.3 Å². The van der Waals surface area contributed by atoms with Gasteiger partial charge >= 0.3 is 0 Å². The third kappa shape index (κ3) is 5.06. The van der Waals surface area contributed by atoms with E-state index in [0.29, 0.717) is 5.88 Å². The Morgan fingerprint density at radius 2 is 1.89 bits per heavy atom. The number of halogens is 2. The van der Waals surface area contributed by atoms with E-state index >= 15 is 0 Å². The molecule has 3 heteroatoms. The van der Waals surface area contributed by atoms with E-state index in [1.807, 2.05) is 19.2 Å². The van der Waals surface area contributed by atoms with E-state index in [0.717, 1.165) is 6.42 Å². The predicted octanol–water partition coefficient (Wildman–Crippen LogP) is 4.74. The van der Waals surface area contributed by atoms with Gasteiger partial charge in [-0.3, -0.25) is 4.98 Å². The average molecular weight is 294 g/mol. The number of benzene rings is 1. The predicted molar refractivity (Wildman–Crippen MR) is 85.1 cm³/mol. The molecule has 100 valence electrons. The monoisotopic (exact) mass is 293 g/mol. The Hall–Kier alpha value is -1.31. The van der Waals surface area contributed by atoms with Crippen molar-refractivity contribution in [3.05, 3.63) is 71.1 Å². The molecule has 1 aromatic heterocycles. The second kappa shape index (κ2) is 7.98. The van der Waals surface area contributed by atoms with Crippen LogP contribution in [-0.2, 0) is 6.42 Å². The van der Waals surface area contributed by atoms with E-state index in [9.17, 15) is 0 Å². The summed E-state index contributed by atoms with van der Waals surface area (Å²) in [5, 5.41) is 0. The third-order valence-corrected chi connectivity index (χ3v) is 3.16. The molecule has 2 rings (SSSR count). The summed E-state index contributed by atoms with van der Waals surface area (Å²) in [6.45, 7) is 2.04. The minimum Gasteiger partial charge on any atom is -0.264 e. The Morgan fingerprint density at radius 3 is 2.47 bits per heavy atom. The number of alkyl halides is 1. The van der Waals surface area contributed by atoms with Crippen molar-refractivity contribution in [1.82, 2.24) is 4.98 Å². The highest BCUT2D eigenvalue weighted by molar-refractivity contribution is 6.19. The molecule has 1 nitrogen and oxygen atoms in total. The molecule has 0 amide bonds. The van der Waals surface area contributed by atoms with E-state index in [2.05, 4.69) is 41.4 Å². The summed E-state index contributed by atoms with van der Waals surface area (Å²) in [5.74, 6) is 0.581. The maximum absolute atomic E-state index is 5.77. The fourth-order valence-corrected chi connectivity index (χ4v) is 1.87. The smallest absolute Gasteiger partial charge is 0.0434 e. The second-order valence-corrected chi connectivity index (χ2v) is 4.67. The molecule has 1 heterocycles. The van der Waals surface area contributed by atoms with Gasteiger partial charge in [-0.25, -0.2) is 0 Å². The first-order valence-corrected chi connectivity index (χ1v) is 6.52. The van der Waals surface area contributed by atoms with Crippen LogP contribution in [0.1, 0.15) is 23.6 Å². The number of rotatable bonds is 4. The summed E-state index contributed by atoms with van der Waals surface area (Å²) in [6.07, 6.45) is 6.74. The van der Waals surface area contributed by atoms with Gasteiger partial charge in [0.05, 0.1) is 0 Å². The number of hydrogen-bond donors (Lipinski definition) is 0. The summed E-state index contributed by atoms with van der Waals surface area (Å²) >= 11 is 5.77. The highest BCUT2D eigenvalue weighted by atomic mass is 35.5. The van der Waals surface area contributed by atoms with Crippen LogP contribution >= 0.6 is 24.0 Å². The number of nitrogens with zero attached hydrogens (tertiary/aromatic N) is 1. The van der Waals surface area contributed by atoms with Crippen LogP contribution < -0.4 is 0 Å². The lowest BCUT2D eigenvalue weighted by Crippen LogP contribution is -1.88. The van der Waals surface area contributed by atoms with E-state index in [1.54, 1.807) is 6.20 Å². The molecule has 0 aliphatic heterocycles. The normalized spacial score (nSPS) is 10.9. The maximum Gasteiger partial charge on any atom is 0.0434 e. The zero-order valence-corrected chi connectivity index (χ0v) is 12.4. The minimum absolute atomic E-state index is 0. The van der Waals surface area contributed by atoms with Crippen molar-refractivity contribution >= 4 is 30.1 Å². The topological polar surface area (TPSA) is 12.9 Å². The van der Waals surface area contributed by atoms with E-state index in [-0.39, 0.29) is 12.4 Å². The van der Waals surface area contributed by atoms with Crippen molar-refractivity contribution in [3.63, 3.8) is 0 Å². The third-order valence-electron chi connectivity index (χ3n) is 2.73. The van der Waals surface area contributed by atoms with Crippen LogP contribution in [0.15, 0.2) is 54.4 Å². The maximum atomic E-state index is 5.77. The van der Waals surface area contributed by atoms with Gasteiger partial charge in [-0.05, 0) is 36.1 Å².